The van der Waals surface area contributed by atoms with Crippen LogP contribution in [0.3, 0.4) is 0 Å². The van der Waals surface area contributed by atoms with Crippen molar-refractivity contribution >= 4 is 18.7 Å². The molecule has 0 saturated heterocycles. The van der Waals surface area contributed by atoms with Crippen LogP contribution in [0.4, 0.5) is 0 Å². The van der Waals surface area contributed by atoms with Gasteiger partial charge in [-0.25, -0.2) is 0 Å². The van der Waals surface area contributed by atoms with Gasteiger partial charge in [-0.15, -0.1) is 0 Å². The maximum atomic E-state index is 4.23. The van der Waals surface area contributed by atoms with E-state index < -0.39 is 6.46 Å². The van der Waals surface area contributed by atoms with Crippen LogP contribution in [-0.2, 0) is 0 Å². The van der Waals surface area contributed by atoms with Crippen molar-refractivity contribution in [1.29, 1.82) is 0 Å². The van der Waals surface area contributed by atoms with Crippen molar-refractivity contribution in [2.75, 3.05) is 20.0 Å². The van der Waals surface area contributed by atoms with E-state index >= 15 is 0 Å². The summed E-state index contributed by atoms with van der Waals surface area (Å²) in [7, 11) is 0. The van der Waals surface area contributed by atoms with Gasteiger partial charge in [0, 0.05) is 12.2 Å². The number of rotatable bonds is 0. The van der Waals surface area contributed by atoms with Crippen molar-refractivity contribution in [1.82, 2.24) is 0 Å². The van der Waals surface area contributed by atoms with Gasteiger partial charge in [0.2, 0.25) is 0 Å². The SMILES string of the molecule is C[P+](C)(C)S. The highest BCUT2D eigenvalue weighted by Crippen LogP contribution is 2.51. The Kier molecular flexibility index (Phi) is 1.72. The molecule has 32 valence electrons. The lowest BCUT2D eigenvalue weighted by molar-refractivity contribution is 2.11. The lowest BCUT2D eigenvalue weighted by Crippen LogP contribution is -1.65. The van der Waals surface area contributed by atoms with E-state index in [1.807, 2.05) is 0 Å². The van der Waals surface area contributed by atoms with Crippen molar-refractivity contribution < 1.29 is 0 Å². The smallest absolute Gasteiger partial charge is 0.0000610 e. The molecule has 0 fully saturated rings. The summed E-state index contributed by atoms with van der Waals surface area (Å²) in [6, 6.07) is 0. The minimum absolute atomic E-state index is 0.694. The zero-order chi connectivity index (χ0) is 4.50. The van der Waals surface area contributed by atoms with Gasteiger partial charge >= 0.3 is 0 Å². The van der Waals surface area contributed by atoms with Crippen LogP contribution in [-0.4, -0.2) is 20.0 Å². The molecule has 0 heterocycles. The molecule has 0 unspecified atom stereocenters. The molecule has 0 aromatic heterocycles. The van der Waals surface area contributed by atoms with Gasteiger partial charge in [-0.1, -0.05) is 0 Å². The van der Waals surface area contributed by atoms with Crippen LogP contribution in [0.25, 0.3) is 0 Å². The zero-order valence-corrected chi connectivity index (χ0v) is 5.68. The molecule has 0 aromatic carbocycles. The second-order valence-corrected chi connectivity index (χ2v) is 9.42. The molecule has 0 radical (unpaired) electrons. The molecule has 0 aliphatic carbocycles. The predicted octanol–water partition coefficient (Wildman–Crippen LogP) is 1.74. The second-order valence-electron chi connectivity index (χ2n) is 1.94. The molecule has 0 rings (SSSR count). The van der Waals surface area contributed by atoms with Crippen molar-refractivity contribution in [2.24, 2.45) is 0 Å². The molecule has 0 atom stereocenters. The van der Waals surface area contributed by atoms with Crippen molar-refractivity contribution in [2.45, 2.75) is 0 Å². The van der Waals surface area contributed by atoms with Crippen LogP contribution in [0, 0.1) is 0 Å². The fourth-order valence-electron chi connectivity index (χ4n) is 0. The van der Waals surface area contributed by atoms with E-state index in [2.05, 4.69) is 32.2 Å². The third-order valence-electron chi connectivity index (χ3n) is 0. The molecular weight excluding hydrogens is 99.1 g/mol. The van der Waals surface area contributed by atoms with Gasteiger partial charge in [-0.3, -0.25) is 0 Å². The van der Waals surface area contributed by atoms with Crippen molar-refractivity contribution in [3.8, 4) is 0 Å². The lowest BCUT2D eigenvalue weighted by atomic mass is 11.9. The van der Waals surface area contributed by atoms with Gasteiger partial charge in [0.15, 0.2) is 0 Å². The molecule has 5 heavy (non-hydrogen) atoms. The predicted molar refractivity (Wildman–Crippen MR) is 33.7 cm³/mol. The molecule has 0 aromatic rings. The molecule has 0 saturated carbocycles. The highest BCUT2D eigenvalue weighted by atomic mass is 32.7. The van der Waals surface area contributed by atoms with Gasteiger partial charge in [0.05, 0.1) is 26.5 Å². The molecule has 0 aliphatic rings. The van der Waals surface area contributed by atoms with Crippen LogP contribution in [0.1, 0.15) is 0 Å². The summed E-state index contributed by atoms with van der Waals surface area (Å²) < 4.78 is 0. The summed E-state index contributed by atoms with van der Waals surface area (Å²) >= 11 is 4.23. The van der Waals surface area contributed by atoms with Gasteiger partial charge in [0.1, 0.15) is 0 Å². The number of hydrogen-bond donors (Lipinski definition) is 1. The zero-order valence-electron chi connectivity index (χ0n) is 3.89. The number of thiol groups is 1. The maximum Gasteiger partial charge on any atom is 0.0615 e. The Labute approximate surface area is 39.5 Å². The summed E-state index contributed by atoms with van der Waals surface area (Å²) in [6.45, 7) is 5.79. The monoisotopic (exact) mass is 109 g/mol. The van der Waals surface area contributed by atoms with Gasteiger partial charge in [-0.2, -0.15) is 0 Å². The Morgan fingerprint density at radius 2 is 1.20 bits per heavy atom. The molecular formula is C3H10PS+. The average Bonchev–Trinajstić information content (AvgIpc) is 0.722. The molecule has 0 N–H and O–H groups in total. The van der Waals surface area contributed by atoms with Crippen molar-refractivity contribution in [3.05, 3.63) is 0 Å². The molecule has 0 amide bonds. The van der Waals surface area contributed by atoms with E-state index in [1.54, 1.807) is 0 Å². The Morgan fingerprint density at radius 1 is 1.20 bits per heavy atom. The minimum Gasteiger partial charge on any atom is 0.0000610 e. The van der Waals surface area contributed by atoms with E-state index in [1.165, 1.54) is 0 Å². The van der Waals surface area contributed by atoms with E-state index in [4.69, 9.17) is 0 Å². The molecule has 0 spiro atoms. The maximum absolute atomic E-state index is 4.23. The third kappa shape index (κ3) is 60.7. The molecule has 2 heteroatoms. The van der Waals surface area contributed by atoms with Crippen LogP contribution in [0.5, 0.6) is 0 Å². The Balaban J connectivity index is 3.02. The highest BCUT2D eigenvalue weighted by molar-refractivity contribution is 8.52. The number of hydrogen-bond acceptors (Lipinski definition) is 1. The first-order chi connectivity index (χ1) is 2.00. The second kappa shape index (κ2) is 1.49. The quantitative estimate of drug-likeness (QED) is 0.355. The largest absolute Gasteiger partial charge is 0.0615 e. The summed E-state index contributed by atoms with van der Waals surface area (Å²) in [5, 5.41) is 0. The van der Waals surface area contributed by atoms with Gasteiger partial charge in [0.25, 0.3) is 0 Å². The third-order valence-corrected chi connectivity index (χ3v) is 0. The van der Waals surface area contributed by atoms with Gasteiger partial charge in [-0.05, 0) is 0 Å². The molecule has 0 aliphatic heterocycles. The fraction of sp³-hybridized carbons (Fsp3) is 1.00. The summed E-state index contributed by atoms with van der Waals surface area (Å²) in [4.78, 5) is 0. The van der Waals surface area contributed by atoms with Crippen LogP contribution in [0.15, 0.2) is 0 Å². The van der Waals surface area contributed by atoms with E-state index in [9.17, 15) is 0 Å². The highest BCUT2D eigenvalue weighted by Gasteiger charge is 2.05. The first kappa shape index (κ1) is 5.78. The van der Waals surface area contributed by atoms with E-state index in [0.29, 0.717) is 0 Å². The summed E-state index contributed by atoms with van der Waals surface area (Å²) in [5.74, 6) is 0. The minimum atomic E-state index is -0.694. The first-order valence-electron chi connectivity index (χ1n) is 1.54. The molecule has 0 bridgehead atoms. The van der Waals surface area contributed by atoms with E-state index in [0.717, 1.165) is 0 Å². The first-order valence-corrected chi connectivity index (χ1v) is 5.82. The average molecular weight is 109 g/mol. The lowest BCUT2D eigenvalue weighted by Gasteiger charge is -1.95. The Hall–Kier alpha value is 0.780. The van der Waals surface area contributed by atoms with Crippen LogP contribution in [0.2, 0.25) is 0 Å². The van der Waals surface area contributed by atoms with Crippen LogP contribution >= 0.6 is 18.7 Å². The Bertz CT molecular complexity index is 22.4. The standard InChI is InChI=1S/C3H10PS/c1-4(2,3)5/h5H,1-3H3/q+1. The van der Waals surface area contributed by atoms with Gasteiger partial charge < -0.3 is 0 Å². The topological polar surface area (TPSA) is 0 Å². The van der Waals surface area contributed by atoms with Crippen LogP contribution < -0.4 is 0 Å². The normalized spacial score (nSPS) is 12.0. The molecule has 0 nitrogen and oxygen atoms in total. The van der Waals surface area contributed by atoms with E-state index in [-0.39, 0.29) is 0 Å². The summed E-state index contributed by atoms with van der Waals surface area (Å²) in [5.41, 5.74) is 0. The Morgan fingerprint density at radius 3 is 1.20 bits per heavy atom. The van der Waals surface area contributed by atoms with Crippen molar-refractivity contribution in [3.63, 3.8) is 0 Å². The summed E-state index contributed by atoms with van der Waals surface area (Å²) in [6.07, 6.45) is 0. The fourth-order valence-corrected chi connectivity index (χ4v) is 0.